The molecule has 6 nitrogen and oxygen atoms in total. The second-order valence-electron chi connectivity index (χ2n) is 6.70. The Morgan fingerprint density at radius 1 is 1.48 bits per heavy atom. The molecule has 1 rings (SSSR count). The largest absolute Gasteiger partial charge is 0.444 e. The molecule has 0 aliphatic carbocycles. The molecular formula is C15H30N2O4. The van der Waals surface area contributed by atoms with Crippen molar-refractivity contribution in [3.8, 4) is 0 Å². The molecule has 21 heavy (non-hydrogen) atoms. The monoisotopic (exact) mass is 302 g/mol. The predicted octanol–water partition coefficient (Wildman–Crippen LogP) is 1.23. The number of methoxy groups -OCH3 is 1. The van der Waals surface area contributed by atoms with Crippen molar-refractivity contribution in [2.45, 2.75) is 45.3 Å². The van der Waals surface area contributed by atoms with Crippen LogP contribution in [-0.2, 0) is 9.47 Å². The molecule has 124 valence electrons. The number of amides is 1. The van der Waals surface area contributed by atoms with Crippen LogP contribution in [0.25, 0.3) is 0 Å². The number of hydrogen-bond acceptors (Lipinski definition) is 5. The van der Waals surface area contributed by atoms with E-state index >= 15 is 0 Å². The lowest BCUT2D eigenvalue weighted by molar-refractivity contribution is 0.0162. The second kappa shape index (κ2) is 8.56. The van der Waals surface area contributed by atoms with E-state index < -0.39 is 11.7 Å². The zero-order valence-electron chi connectivity index (χ0n) is 13.7. The number of likely N-dealkylation sites (tertiary alicyclic amines) is 1. The molecule has 1 fully saturated rings. The molecule has 6 heteroatoms. The van der Waals surface area contributed by atoms with Gasteiger partial charge in [0.25, 0.3) is 0 Å². The second-order valence-corrected chi connectivity index (χ2v) is 6.70. The summed E-state index contributed by atoms with van der Waals surface area (Å²) >= 11 is 0. The third-order valence-corrected chi connectivity index (χ3v) is 3.34. The molecule has 2 N–H and O–H groups in total. The van der Waals surface area contributed by atoms with E-state index in [9.17, 15) is 9.90 Å². The summed E-state index contributed by atoms with van der Waals surface area (Å²) in [7, 11) is 1.57. The van der Waals surface area contributed by atoms with Gasteiger partial charge in [-0.3, -0.25) is 0 Å². The van der Waals surface area contributed by atoms with Crippen molar-refractivity contribution < 1.29 is 19.4 Å². The molecule has 1 aliphatic heterocycles. The number of ether oxygens (including phenoxy) is 2. The van der Waals surface area contributed by atoms with Crippen LogP contribution in [-0.4, -0.2) is 67.7 Å². The van der Waals surface area contributed by atoms with E-state index in [1.807, 2.05) is 20.8 Å². The normalized spacial score (nSPS) is 21.2. The molecule has 0 aromatic carbocycles. The number of aliphatic hydroxyl groups is 1. The maximum atomic E-state index is 12.1. The number of rotatable bonds is 6. The summed E-state index contributed by atoms with van der Waals surface area (Å²) in [5.41, 5.74) is -0.452. The van der Waals surface area contributed by atoms with Crippen molar-refractivity contribution in [2.24, 2.45) is 5.92 Å². The lowest BCUT2D eigenvalue weighted by atomic mass is 9.98. The van der Waals surface area contributed by atoms with Gasteiger partial charge in [0.2, 0.25) is 0 Å². The zero-order chi connectivity index (χ0) is 15.9. The minimum Gasteiger partial charge on any atom is -0.444 e. The molecular weight excluding hydrogens is 272 g/mol. The number of nitrogens with zero attached hydrogens (tertiary/aromatic N) is 1. The summed E-state index contributed by atoms with van der Waals surface area (Å²) in [4.78, 5) is 13.8. The third-order valence-electron chi connectivity index (χ3n) is 3.34. The van der Waals surface area contributed by atoms with E-state index in [-0.39, 0.29) is 6.09 Å². The van der Waals surface area contributed by atoms with Crippen LogP contribution >= 0.6 is 0 Å². The highest BCUT2D eigenvalue weighted by Crippen LogP contribution is 2.18. The maximum absolute atomic E-state index is 12.1. The molecule has 0 aromatic heterocycles. The van der Waals surface area contributed by atoms with Crippen molar-refractivity contribution >= 4 is 6.09 Å². The first-order chi connectivity index (χ1) is 9.81. The smallest absolute Gasteiger partial charge is 0.410 e. The molecule has 1 saturated heterocycles. The van der Waals surface area contributed by atoms with Crippen molar-refractivity contribution in [1.82, 2.24) is 10.2 Å². The Kier molecular flexibility index (Phi) is 7.42. The average Bonchev–Trinajstić information content (AvgIpc) is 2.37. The molecule has 1 heterocycles. The van der Waals surface area contributed by atoms with Gasteiger partial charge in [-0.25, -0.2) is 4.79 Å². The summed E-state index contributed by atoms with van der Waals surface area (Å²) in [6, 6.07) is 0. The molecule has 0 bridgehead atoms. The van der Waals surface area contributed by atoms with Crippen LogP contribution in [0.5, 0.6) is 0 Å². The van der Waals surface area contributed by atoms with E-state index in [2.05, 4.69) is 5.32 Å². The molecule has 0 spiro atoms. The van der Waals surface area contributed by atoms with Crippen LogP contribution in [0.15, 0.2) is 0 Å². The van der Waals surface area contributed by atoms with E-state index in [1.165, 1.54) is 0 Å². The summed E-state index contributed by atoms with van der Waals surface area (Å²) < 4.78 is 10.3. The third kappa shape index (κ3) is 7.64. The van der Waals surface area contributed by atoms with Gasteiger partial charge in [0.05, 0.1) is 12.7 Å². The fraction of sp³-hybridized carbons (Fsp3) is 0.933. The van der Waals surface area contributed by atoms with Crippen LogP contribution < -0.4 is 5.32 Å². The molecule has 0 saturated carbocycles. The maximum Gasteiger partial charge on any atom is 0.410 e. The van der Waals surface area contributed by atoms with Crippen molar-refractivity contribution in [2.75, 3.05) is 39.9 Å². The lowest BCUT2D eigenvalue weighted by Gasteiger charge is -2.34. The lowest BCUT2D eigenvalue weighted by Crippen LogP contribution is -2.45. The van der Waals surface area contributed by atoms with Crippen molar-refractivity contribution in [3.63, 3.8) is 0 Å². The highest BCUT2D eigenvalue weighted by molar-refractivity contribution is 5.68. The van der Waals surface area contributed by atoms with E-state index in [0.717, 1.165) is 25.9 Å². The Hall–Kier alpha value is -0.850. The van der Waals surface area contributed by atoms with Gasteiger partial charge in [-0.2, -0.15) is 0 Å². The fourth-order valence-electron chi connectivity index (χ4n) is 2.43. The van der Waals surface area contributed by atoms with Gasteiger partial charge < -0.3 is 24.8 Å². The van der Waals surface area contributed by atoms with Gasteiger partial charge in [-0.1, -0.05) is 0 Å². The highest BCUT2D eigenvalue weighted by Gasteiger charge is 2.27. The molecule has 1 amide bonds. The summed E-state index contributed by atoms with van der Waals surface area (Å²) in [6.07, 6.45) is 1.37. The number of piperidine rings is 1. The molecule has 1 aliphatic rings. The summed E-state index contributed by atoms with van der Waals surface area (Å²) in [6.45, 7) is 8.75. The number of nitrogens with one attached hydrogen (secondary N) is 1. The van der Waals surface area contributed by atoms with Crippen molar-refractivity contribution in [1.29, 1.82) is 0 Å². The van der Waals surface area contributed by atoms with Gasteiger partial charge in [0, 0.05) is 26.7 Å². The van der Waals surface area contributed by atoms with Gasteiger partial charge in [-0.05, 0) is 46.1 Å². The van der Waals surface area contributed by atoms with E-state index in [1.54, 1.807) is 12.0 Å². The van der Waals surface area contributed by atoms with Crippen LogP contribution in [0.2, 0.25) is 0 Å². The first-order valence-electron chi connectivity index (χ1n) is 7.67. The number of hydrogen-bond donors (Lipinski definition) is 2. The van der Waals surface area contributed by atoms with E-state index in [4.69, 9.17) is 9.47 Å². The first kappa shape index (κ1) is 18.2. The van der Waals surface area contributed by atoms with Gasteiger partial charge in [-0.15, -0.1) is 0 Å². The van der Waals surface area contributed by atoms with Crippen LogP contribution in [0.1, 0.15) is 33.6 Å². The highest BCUT2D eigenvalue weighted by atomic mass is 16.6. The SMILES string of the molecule is COCC(O)CNCC1CCCN(C(=O)OC(C)(C)C)C1. The fourth-order valence-corrected chi connectivity index (χ4v) is 2.43. The Morgan fingerprint density at radius 3 is 2.81 bits per heavy atom. The predicted molar refractivity (Wildman–Crippen MR) is 81.3 cm³/mol. The number of carbonyl (C=O) groups excluding carboxylic acids is 1. The first-order valence-corrected chi connectivity index (χ1v) is 7.67. The van der Waals surface area contributed by atoms with Gasteiger partial charge in [0.15, 0.2) is 0 Å². The standard InChI is InChI=1S/C15H30N2O4/c1-15(2,3)21-14(19)17-7-5-6-12(10-17)8-16-9-13(18)11-20-4/h12-13,16,18H,5-11H2,1-4H3. The molecule has 0 aromatic rings. The molecule has 0 radical (unpaired) electrons. The topological polar surface area (TPSA) is 71.0 Å². The molecule has 2 atom stereocenters. The Labute approximate surface area is 127 Å². The minimum absolute atomic E-state index is 0.230. The number of aliphatic hydroxyl groups excluding tert-OH is 1. The Balaban J connectivity index is 2.30. The number of carbonyl (C=O) groups is 1. The van der Waals surface area contributed by atoms with Crippen molar-refractivity contribution in [3.05, 3.63) is 0 Å². The Bertz CT molecular complexity index is 317. The van der Waals surface area contributed by atoms with Crippen LogP contribution in [0.3, 0.4) is 0 Å². The molecule has 2 unspecified atom stereocenters. The summed E-state index contributed by atoms with van der Waals surface area (Å²) in [5.74, 6) is 0.404. The van der Waals surface area contributed by atoms with Gasteiger partial charge >= 0.3 is 6.09 Å². The van der Waals surface area contributed by atoms with Gasteiger partial charge in [0.1, 0.15) is 5.60 Å². The average molecular weight is 302 g/mol. The van der Waals surface area contributed by atoms with Crippen LogP contribution in [0.4, 0.5) is 4.79 Å². The van der Waals surface area contributed by atoms with E-state index in [0.29, 0.717) is 25.6 Å². The summed E-state index contributed by atoms with van der Waals surface area (Å²) in [5, 5.41) is 12.8. The minimum atomic E-state index is -0.486. The quantitative estimate of drug-likeness (QED) is 0.772. The van der Waals surface area contributed by atoms with Crippen LogP contribution in [0, 0.1) is 5.92 Å². The zero-order valence-corrected chi connectivity index (χ0v) is 13.7. The Morgan fingerprint density at radius 2 is 2.19 bits per heavy atom.